The fourth-order valence-electron chi connectivity index (χ4n) is 1.86. The molecule has 2 rings (SSSR count). The highest BCUT2D eigenvalue weighted by atomic mass is 32.2. The van der Waals surface area contributed by atoms with Gasteiger partial charge in [0.05, 0.1) is 5.60 Å². The van der Waals surface area contributed by atoms with Crippen LogP contribution in [0.2, 0.25) is 0 Å². The Labute approximate surface area is 106 Å². The molecule has 1 saturated heterocycles. The van der Waals surface area contributed by atoms with Crippen molar-refractivity contribution in [1.29, 1.82) is 0 Å². The minimum absolute atomic E-state index is 0.00388. The molecule has 0 radical (unpaired) electrons. The lowest BCUT2D eigenvalue weighted by molar-refractivity contribution is -0.0932. The number of nitrogens with zero attached hydrogens (tertiary/aromatic N) is 2. The second-order valence-corrected chi connectivity index (χ2v) is 6.82. The first kappa shape index (κ1) is 13.3. The van der Waals surface area contributed by atoms with Crippen molar-refractivity contribution in [3.63, 3.8) is 0 Å². The first-order chi connectivity index (χ1) is 8.27. The van der Waals surface area contributed by atoms with E-state index in [2.05, 4.69) is 4.98 Å². The average molecular weight is 271 g/mol. The van der Waals surface area contributed by atoms with Gasteiger partial charge < -0.3 is 10.8 Å². The van der Waals surface area contributed by atoms with Crippen molar-refractivity contribution < 1.29 is 13.5 Å². The van der Waals surface area contributed by atoms with E-state index in [0.29, 0.717) is 0 Å². The van der Waals surface area contributed by atoms with E-state index in [1.807, 2.05) is 13.8 Å². The van der Waals surface area contributed by atoms with Gasteiger partial charge in [-0.15, -0.1) is 0 Å². The largest absolute Gasteiger partial charge is 0.387 e. The summed E-state index contributed by atoms with van der Waals surface area (Å²) in [4.78, 5) is 3.76. The summed E-state index contributed by atoms with van der Waals surface area (Å²) in [7, 11) is -3.65. The zero-order valence-electron chi connectivity index (χ0n) is 10.4. The maximum Gasteiger partial charge on any atom is 0.246 e. The minimum Gasteiger partial charge on any atom is -0.387 e. The molecule has 0 saturated carbocycles. The molecule has 0 atom stereocenters. The van der Waals surface area contributed by atoms with E-state index < -0.39 is 15.6 Å². The van der Waals surface area contributed by atoms with Crippen LogP contribution in [0.5, 0.6) is 0 Å². The Balaban J connectivity index is 2.24. The molecule has 6 nitrogen and oxygen atoms in total. The van der Waals surface area contributed by atoms with Crippen LogP contribution >= 0.6 is 0 Å². The van der Waals surface area contributed by atoms with Crippen molar-refractivity contribution in [2.45, 2.75) is 24.3 Å². The third kappa shape index (κ3) is 1.98. The fraction of sp³-hybridized carbons (Fsp3) is 0.545. The SMILES string of the molecule is CC(C)C1(O)CN(S(=O)(=O)c2cccnc2N)C1. The first-order valence-corrected chi connectivity index (χ1v) is 7.14. The molecule has 0 bridgehead atoms. The summed E-state index contributed by atoms with van der Waals surface area (Å²) in [5.74, 6) is -0.00678. The quantitative estimate of drug-likeness (QED) is 0.810. The molecule has 1 aromatic rings. The van der Waals surface area contributed by atoms with Crippen LogP contribution in [0.15, 0.2) is 23.2 Å². The Bertz CT molecular complexity index is 550. The highest BCUT2D eigenvalue weighted by Crippen LogP contribution is 2.33. The molecule has 1 fully saturated rings. The van der Waals surface area contributed by atoms with Crippen LogP contribution in [0.3, 0.4) is 0 Å². The molecule has 0 spiro atoms. The van der Waals surface area contributed by atoms with Crippen molar-refractivity contribution >= 4 is 15.8 Å². The van der Waals surface area contributed by atoms with Crippen LogP contribution in [0.4, 0.5) is 5.82 Å². The maximum atomic E-state index is 12.2. The zero-order valence-corrected chi connectivity index (χ0v) is 11.2. The maximum absolute atomic E-state index is 12.2. The number of pyridine rings is 1. The summed E-state index contributed by atoms with van der Waals surface area (Å²) in [6, 6.07) is 2.95. The molecule has 3 N–H and O–H groups in total. The Morgan fingerprint density at radius 3 is 2.61 bits per heavy atom. The molecule has 7 heteroatoms. The summed E-state index contributed by atoms with van der Waals surface area (Å²) in [5.41, 5.74) is 4.63. The van der Waals surface area contributed by atoms with Crippen LogP contribution in [-0.2, 0) is 10.0 Å². The van der Waals surface area contributed by atoms with Gasteiger partial charge in [0.25, 0.3) is 0 Å². The molecule has 100 valence electrons. The van der Waals surface area contributed by atoms with E-state index in [1.54, 1.807) is 0 Å². The molecule has 0 aromatic carbocycles. The van der Waals surface area contributed by atoms with Crippen molar-refractivity contribution in [3.8, 4) is 0 Å². The van der Waals surface area contributed by atoms with Crippen molar-refractivity contribution in [2.75, 3.05) is 18.8 Å². The van der Waals surface area contributed by atoms with Gasteiger partial charge in [-0.25, -0.2) is 13.4 Å². The van der Waals surface area contributed by atoms with Crippen molar-refractivity contribution in [2.24, 2.45) is 5.92 Å². The summed E-state index contributed by atoms with van der Waals surface area (Å²) in [6.45, 7) is 3.92. The highest BCUT2D eigenvalue weighted by molar-refractivity contribution is 7.89. The standard InChI is InChI=1S/C11H17N3O3S/c1-8(2)11(15)6-14(7-11)18(16,17)9-4-3-5-13-10(9)12/h3-5,8,15H,6-7H2,1-2H3,(H2,12,13). The van der Waals surface area contributed by atoms with E-state index in [0.717, 1.165) is 0 Å². The topological polar surface area (TPSA) is 96.5 Å². The second kappa shape index (κ2) is 4.18. The molecule has 0 unspecified atom stereocenters. The van der Waals surface area contributed by atoms with Crippen LogP contribution in [0.25, 0.3) is 0 Å². The van der Waals surface area contributed by atoms with Gasteiger partial charge in [-0.1, -0.05) is 13.8 Å². The molecule has 2 heterocycles. The predicted octanol–water partition coefficient (Wildman–Crippen LogP) is 0.0552. The number of aliphatic hydroxyl groups is 1. The van der Waals surface area contributed by atoms with Crippen LogP contribution < -0.4 is 5.73 Å². The molecule has 1 aromatic heterocycles. The van der Waals surface area contributed by atoms with Crippen LogP contribution in [0.1, 0.15) is 13.8 Å². The number of anilines is 1. The van der Waals surface area contributed by atoms with Gasteiger partial charge in [0.2, 0.25) is 10.0 Å². The van der Waals surface area contributed by atoms with Gasteiger partial charge in [0.1, 0.15) is 10.7 Å². The number of hydrogen-bond donors (Lipinski definition) is 2. The van der Waals surface area contributed by atoms with Gasteiger partial charge in [0.15, 0.2) is 0 Å². The van der Waals surface area contributed by atoms with Crippen molar-refractivity contribution in [3.05, 3.63) is 18.3 Å². The minimum atomic E-state index is -3.65. The van der Waals surface area contributed by atoms with Crippen molar-refractivity contribution in [1.82, 2.24) is 9.29 Å². The molecule has 0 amide bonds. The normalized spacial score (nSPS) is 19.8. The fourth-order valence-corrected chi connectivity index (χ4v) is 3.49. The van der Waals surface area contributed by atoms with Gasteiger partial charge in [-0.05, 0) is 18.1 Å². The lowest BCUT2D eigenvalue weighted by atomic mass is 9.85. The number of rotatable bonds is 3. The molecule has 18 heavy (non-hydrogen) atoms. The van der Waals surface area contributed by atoms with Gasteiger partial charge >= 0.3 is 0 Å². The average Bonchev–Trinajstić information content (AvgIpc) is 2.24. The van der Waals surface area contributed by atoms with Gasteiger partial charge in [-0.3, -0.25) is 0 Å². The van der Waals surface area contributed by atoms with E-state index in [-0.39, 0.29) is 29.7 Å². The zero-order chi connectivity index (χ0) is 13.6. The Kier molecular flexibility index (Phi) is 3.08. The summed E-state index contributed by atoms with van der Waals surface area (Å²) in [6.07, 6.45) is 1.44. The third-order valence-electron chi connectivity index (χ3n) is 3.39. The number of β-amino-alcohol motifs (C(OH)–C–C–N with tert-alkyl or cyclic N) is 1. The number of hydrogen-bond acceptors (Lipinski definition) is 5. The Morgan fingerprint density at radius 1 is 1.50 bits per heavy atom. The predicted molar refractivity (Wildman–Crippen MR) is 67.2 cm³/mol. The van der Waals surface area contributed by atoms with Crippen LogP contribution in [0, 0.1) is 5.92 Å². The first-order valence-electron chi connectivity index (χ1n) is 5.70. The molecule has 1 aliphatic heterocycles. The number of nitrogen functional groups attached to an aromatic ring is 1. The summed E-state index contributed by atoms with van der Waals surface area (Å²) >= 11 is 0. The lowest BCUT2D eigenvalue weighted by Crippen LogP contribution is -2.65. The number of sulfonamides is 1. The summed E-state index contributed by atoms with van der Waals surface area (Å²) in [5, 5.41) is 10.1. The molecule has 1 aliphatic rings. The Hall–Kier alpha value is -1.18. The lowest BCUT2D eigenvalue weighted by Gasteiger charge is -2.47. The van der Waals surface area contributed by atoms with E-state index in [1.165, 1.54) is 22.6 Å². The van der Waals surface area contributed by atoms with E-state index >= 15 is 0 Å². The third-order valence-corrected chi connectivity index (χ3v) is 5.23. The Morgan fingerprint density at radius 2 is 2.11 bits per heavy atom. The smallest absolute Gasteiger partial charge is 0.246 e. The second-order valence-electron chi connectivity index (χ2n) is 4.92. The highest BCUT2D eigenvalue weighted by Gasteiger charge is 2.49. The summed E-state index contributed by atoms with van der Waals surface area (Å²) < 4.78 is 25.7. The molecular weight excluding hydrogens is 254 g/mol. The van der Waals surface area contributed by atoms with Crippen LogP contribution in [-0.4, -0.2) is 41.5 Å². The van der Waals surface area contributed by atoms with Gasteiger partial charge in [-0.2, -0.15) is 4.31 Å². The molecule has 0 aliphatic carbocycles. The van der Waals surface area contributed by atoms with Gasteiger partial charge in [0, 0.05) is 19.3 Å². The van der Waals surface area contributed by atoms with E-state index in [9.17, 15) is 13.5 Å². The van der Waals surface area contributed by atoms with E-state index in [4.69, 9.17) is 5.73 Å². The monoisotopic (exact) mass is 271 g/mol. The number of aromatic nitrogens is 1. The molecular formula is C11H17N3O3S. The number of nitrogens with two attached hydrogens (primary N) is 1.